The summed E-state index contributed by atoms with van der Waals surface area (Å²) in [5.74, 6) is -0.421. The summed E-state index contributed by atoms with van der Waals surface area (Å²) in [6.45, 7) is 6.31. The van der Waals surface area contributed by atoms with E-state index in [9.17, 15) is 9.18 Å². The highest BCUT2D eigenvalue weighted by molar-refractivity contribution is 6.33. The van der Waals surface area contributed by atoms with Crippen LogP contribution in [-0.4, -0.2) is 33.4 Å². The molecule has 1 aliphatic rings. The first-order chi connectivity index (χ1) is 13.4. The third-order valence-corrected chi connectivity index (χ3v) is 6.08. The van der Waals surface area contributed by atoms with Crippen molar-refractivity contribution < 1.29 is 9.18 Å². The van der Waals surface area contributed by atoms with Crippen LogP contribution in [0.2, 0.25) is 5.02 Å². The van der Waals surface area contributed by atoms with Crippen LogP contribution in [0.3, 0.4) is 0 Å². The van der Waals surface area contributed by atoms with Crippen molar-refractivity contribution in [2.75, 3.05) is 13.1 Å². The summed E-state index contributed by atoms with van der Waals surface area (Å²) in [5, 5.41) is 0.169. The number of rotatable bonds is 3. The molecular formula is C22H23ClFN3O. The summed E-state index contributed by atoms with van der Waals surface area (Å²) in [4.78, 5) is 18.9. The maximum absolute atomic E-state index is 14.1. The van der Waals surface area contributed by atoms with Crippen LogP contribution in [0.4, 0.5) is 4.39 Å². The third-order valence-electron chi connectivity index (χ3n) is 5.77. The van der Waals surface area contributed by atoms with E-state index in [1.807, 2.05) is 6.33 Å². The maximum atomic E-state index is 14.1. The molecule has 3 aromatic rings. The number of benzene rings is 2. The molecule has 1 fully saturated rings. The summed E-state index contributed by atoms with van der Waals surface area (Å²) in [7, 11) is 0. The highest BCUT2D eigenvalue weighted by Crippen LogP contribution is 2.26. The first kappa shape index (κ1) is 18.9. The summed E-state index contributed by atoms with van der Waals surface area (Å²) < 4.78 is 16.3. The Morgan fingerprint density at radius 2 is 1.93 bits per heavy atom. The van der Waals surface area contributed by atoms with Crippen LogP contribution < -0.4 is 0 Å². The zero-order valence-corrected chi connectivity index (χ0v) is 16.8. The molecule has 0 bridgehead atoms. The summed E-state index contributed by atoms with van der Waals surface area (Å²) in [6, 6.07) is 8.66. The Morgan fingerprint density at radius 1 is 1.21 bits per heavy atom. The van der Waals surface area contributed by atoms with E-state index in [-0.39, 0.29) is 16.5 Å². The molecule has 28 heavy (non-hydrogen) atoms. The molecule has 0 spiro atoms. The molecule has 0 N–H and O–H groups in total. The number of aryl methyl sites for hydroxylation is 2. The molecule has 1 aromatic heterocycles. The molecule has 0 unspecified atom stereocenters. The van der Waals surface area contributed by atoms with Gasteiger partial charge in [-0.2, -0.15) is 0 Å². The van der Waals surface area contributed by atoms with Crippen LogP contribution in [0, 0.1) is 25.6 Å². The monoisotopic (exact) mass is 399 g/mol. The Balaban J connectivity index is 1.44. The molecule has 146 valence electrons. The lowest BCUT2D eigenvalue weighted by atomic mass is 9.96. The maximum Gasteiger partial charge on any atom is 0.258 e. The number of hydrogen-bond donors (Lipinski definition) is 0. The average molecular weight is 400 g/mol. The minimum Gasteiger partial charge on any atom is -0.338 e. The molecule has 6 heteroatoms. The predicted octanol–water partition coefficient (Wildman–Crippen LogP) is 5.00. The number of likely N-dealkylation sites (tertiary alicyclic amines) is 1. The van der Waals surface area contributed by atoms with Crippen molar-refractivity contribution in [3.63, 3.8) is 0 Å². The summed E-state index contributed by atoms with van der Waals surface area (Å²) >= 11 is 6.05. The van der Waals surface area contributed by atoms with Gasteiger partial charge in [-0.25, -0.2) is 9.37 Å². The average Bonchev–Trinajstić information content (AvgIpc) is 3.04. The number of halogens is 2. The van der Waals surface area contributed by atoms with Gasteiger partial charge in [0.05, 0.1) is 27.9 Å². The minimum atomic E-state index is -0.560. The first-order valence-corrected chi connectivity index (χ1v) is 9.97. The standard InChI is InChI=1S/C22H23ClFN3O/c1-14-10-19-20(11-15(14)2)27(13-25-19)12-16-6-8-26(9-7-16)22(28)21-17(23)4-3-5-18(21)24/h3-5,10-11,13,16H,6-9,12H2,1-2H3. The lowest BCUT2D eigenvalue weighted by Gasteiger charge is -2.32. The Hall–Kier alpha value is -2.40. The van der Waals surface area contributed by atoms with Gasteiger partial charge in [0.1, 0.15) is 5.82 Å². The topological polar surface area (TPSA) is 38.1 Å². The zero-order valence-electron chi connectivity index (χ0n) is 16.1. The third kappa shape index (κ3) is 3.51. The fourth-order valence-corrected chi connectivity index (χ4v) is 4.16. The molecule has 2 heterocycles. The van der Waals surface area contributed by atoms with Crippen molar-refractivity contribution in [2.24, 2.45) is 5.92 Å². The number of imidazole rings is 1. The van der Waals surface area contributed by atoms with E-state index in [0.717, 1.165) is 30.4 Å². The van der Waals surface area contributed by atoms with E-state index in [2.05, 4.69) is 35.5 Å². The summed E-state index contributed by atoms with van der Waals surface area (Å²) in [6.07, 6.45) is 3.66. The van der Waals surface area contributed by atoms with Gasteiger partial charge in [0.25, 0.3) is 5.91 Å². The van der Waals surface area contributed by atoms with Gasteiger partial charge in [-0.05, 0) is 68.0 Å². The van der Waals surface area contributed by atoms with Crippen LogP contribution in [0.15, 0.2) is 36.7 Å². The molecule has 1 aliphatic heterocycles. The van der Waals surface area contributed by atoms with Gasteiger partial charge in [0.15, 0.2) is 0 Å². The van der Waals surface area contributed by atoms with Crippen LogP contribution in [-0.2, 0) is 6.54 Å². The van der Waals surface area contributed by atoms with Gasteiger partial charge in [-0.15, -0.1) is 0 Å². The molecule has 1 saturated heterocycles. The van der Waals surface area contributed by atoms with Gasteiger partial charge < -0.3 is 9.47 Å². The molecule has 0 saturated carbocycles. The molecule has 0 aliphatic carbocycles. The normalized spacial score (nSPS) is 15.4. The van der Waals surface area contributed by atoms with Crippen LogP contribution in [0.5, 0.6) is 0 Å². The second-order valence-electron chi connectivity index (χ2n) is 7.65. The van der Waals surface area contributed by atoms with Gasteiger partial charge >= 0.3 is 0 Å². The number of nitrogens with zero attached hydrogens (tertiary/aromatic N) is 3. The minimum absolute atomic E-state index is 0.0194. The zero-order chi connectivity index (χ0) is 19.8. The van der Waals surface area contributed by atoms with Crippen molar-refractivity contribution in [3.05, 3.63) is 64.2 Å². The van der Waals surface area contributed by atoms with E-state index in [0.29, 0.717) is 19.0 Å². The number of carbonyl (C=O) groups is 1. The Morgan fingerprint density at radius 3 is 2.64 bits per heavy atom. The number of piperidine rings is 1. The molecule has 0 atom stereocenters. The van der Waals surface area contributed by atoms with E-state index in [4.69, 9.17) is 11.6 Å². The Labute approximate surface area is 168 Å². The number of fused-ring (bicyclic) bond motifs is 1. The SMILES string of the molecule is Cc1cc2ncn(CC3CCN(C(=O)c4c(F)cccc4Cl)CC3)c2cc1C. The summed E-state index contributed by atoms with van der Waals surface area (Å²) in [5.41, 5.74) is 4.66. The number of carbonyl (C=O) groups excluding carboxylic acids is 1. The van der Waals surface area contributed by atoms with Crippen LogP contribution in [0.1, 0.15) is 34.3 Å². The Bertz CT molecular complexity index is 1020. The number of hydrogen-bond acceptors (Lipinski definition) is 2. The quantitative estimate of drug-likeness (QED) is 0.621. The van der Waals surface area contributed by atoms with Crippen molar-refractivity contribution in [3.8, 4) is 0 Å². The van der Waals surface area contributed by atoms with E-state index >= 15 is 0 Å². The number of amides is 1. The number of aromatic nitrogens is 2. The highest BCUT2D eigenvalue weighted by atomic mass is 35.5. The fraction of sp³-hybridized carbons (Fsp3) is 0.364. The predicted molar refractivity (Wildman–Crippen MR) is 109 cm³/mol. The molecular weight excluding hydrogens is 377 g/mol. The van der Waals surface area contributed by atoms with Gasteiger partial charge in [0, 0.05) is 19.6 Å². The second-order valence-corrected chi connectivity index (χ2v) is 8.06. The molecule has 1 amide bonds. The van der Waals surface area contributed by atoms with E-state index in [1.54, 1.807) is 11.0 Å². The van der Waals surface area contributed by atoms with E-state index < -0.39 is 5.82 Å². The van der Waals surface area contributed by atoms with Crippen molar-refractivity contribution in [2.45, 2.75) is 33.2 Å². The van der Waals surface area contributed by atoms with Gasteiger partial charge in [-0.1, -0.05) is 17.7 Å². The van der Waals surface area contributed by atoms with Crippen molar-refractivity contribution in [1.82, 2.24) is 14.5 Å². The van der Waals surface area contributed by atoms with Crippen LogP contribution in [0.25, 0.3) is 11.0 Å². The molecule has 4 nitrogen and oxygen atoms in total. The molecule has 4 rings (SSSR count). The van der Waals surface area contributed by atoms with Crippen molar-refractivity contribution >= 4 is 28.5 Å². The van der Waals surface area contributed by atoms with Gasteiger partial charge in [0.2, 0.25) is 0 Å². The largest absolute Gasteiger partial charge is 0.338 e. The van der Waals surface area contributed by atoms with Crippen LogP contribution >= 0.6 is 11.6 Å². The highest BCUT2D eigenvalue weighted by Gasteiger charge is 2.27. The molecule has 0 radical (unpaired) electrons. The lowest BCUT2D eigenvalue weighted by Crippen LogP contribution is -2.39. The second kappa shape index (κ2) is 7.55. The van der Waals surface area contributed by atoms with E-state index in [1.165, 1.54) is 23.3 Å². The molecule has 2 aromatic carbocycles. The Kier molecular flexibility index (Phi) is 5.11. The van der Waals surface area contributed by atoms with Gasteiger partial charge in [-0.3, -0.25) is 4.79 Å². The first-order valence-electron chi connectivity index (χ1n) is 9.59. The fourth-order valence-electron chi connectivity index (χ4n) is 3.92. The van der Waals surface area contributed by atoms with Crippen molar-refractivity contribution in [1.29, 1.82) is 0 Å². The lowest BCUT2D eigenvalue weighted by molar-refractivity contribution is 0.0679. The smallest absolute Gasteiger partial charge is 0.258 e.